The fourth-order valence-corrected chi connectivity index (χ4v) is 3.30. The van der Waals surface area contributed by atoms with Crippen LogP contribution in [0.4, 0.5) is 5.69 Å². The van der Waals surface area contributed by atoms with E-state index in [0.29, 0.717) is 5.02 Å². The van der Waals surface area contributed by atoms with Gasteiger partial charge in [-0.15, -0.1) is 11.8 Å². The van der Waals surface area contributed by atoms with E-state index in [9.17, 15) is 9.59 Å². The van der Waals surface area contributed by atoms with Crippen LogP contribution in [0.5, 0.6) is 0 Å². The van der Waals surface area contributed by atoms with Gasteiger partial charge in [0.1, 0.15) is 5.25 Å². The number of amides is 1. The summed E-state index contributed by atoms with van der Waals surface area (Å²) >= 11 is 7.22. The molecule has 1 N–H and O–H groups in total. The number of nitrogens with one attached hydrogen (secondary N) is 1. The van der Waals surface area contributed by atoms with Crippen molar-refractivity contribution >= 4 is 40.9 Å². The molecule has 0 aliphatic carbocycles. The van der Waals surface area contributed by atoms with Crippen molar-refractivity contribution in [1.29, 1.82) is 0 Å². The molecular formula is C20H22ClNO3S. The van der Waals surface area contributed by atoms with Gasteiger partial charge in [0, 0.05) is 15.6 Å². The first-order chi connectivity index (χ1) is 12.3. The molecule has 0 bridgehead atoms. The highest BCUT2D eigenvalue weighted by Gasteiger charge is 2.23. The number of hydrogen-bond acceptors (Lipinski definition) is 4. The summed E-state index contributed by atoms with van der Waals surface area (Å²) < 4.78 is 5.32. The van der Waals surface area contributed by atoms with Gasteiger partial charge in [0.05, 0.1) is 0 Å². The number of carbonyl (C=O) groups excluding carboxylic acids is 2. The summed E-state index contributed by atoms with van der Waals surface area (Å²) in [6, 6.07) is 13.0. The molecule has 0 aliphatic heterocycles. The normalized spacial score (nSPS) is 13.0. The highest BCUT2D eigenvalue weighted by Crippen LogP contribution is 2.26. The lowest BCUT2D eigenvalue weighted by molar-refractivity contribution is -0.152. The molecule has 0 aromatic heterocycles. The van der Waals surface area contributed by atoms with Crippen molar-refractivity contribution in [2.75, 3.05) is 5.32 Å². The summed E-state index contributed by atoms with van der Waals surface area (Å²) in [6.45, 7) is 7.16. The van der Waals surface area contributed by atoms with Crippen molar-refractivity contribution in [1.82, 2.24) is 0 Å². The van der Waals surface area contributed by atoms with Crippen LogP contribution in [0.3, 0.4) is 0 Å². The summed E-state index contributed by atoms with van der Waals surface area (Å²) in [5, 5.41) is 3.04. The predicted molar refractivity (Wildman–Crippen MR) is 107 cm³/mol. The van der Waals surface area contributed by atoms with E-state index in [1.807, 2.05) is 44.2 Å². The zero-order valence-corrected chi connectivity index (χ0v) is 16.8. The highest BCUT2D eigenvalue weighted by atomic mass is 35.5. The van der Waals surface area contributed by atoms with Crippen LogP contribution in [0.1, 0.15) is 25.0 Å². The van der Waals surface area contributed by atoms with Crippen molar-refractivity contribution in [3.8, 4) is 0 Å². The average molecular weight is 392 g/mol. The summed E-state index contributed by atoms with van der Waals surface area (Å²) in [5.41, 5.74) is 2.68. The van der Waals surface area contributed by atoms with E-state index >= 15 is 0 Å². The Hall–Kier alpha value is -1.98. The number of benzene rings is 2. The number of aryl methyl sites for hydroxylation is 2. The average Bonchev–Trinajstić information content (AvgIpc) is 2.59. The number of halogens is 1. The molecule has 0 fully saturated rings. The molecule has 0 saturated heterocycles. The van der Waals surface area contributed by atoms with Gasteiger partial charge < -0.3 is 10.1 Å². The van der Waals surface area contributed by atoms with Gasteiger partial charge >= 0.3 is 5.97 Å². The maximum atomic E-state index is 12.4. The van der Waals surface area contributed by atoms with Crippen LogP contribution < -0.4 is 5.32 Å². The maximum absolute atomic E-state index is 12.4. The van der Waals surface area contributed by atoms with E-state index in [1.165, 1.54) is 11.8 Å². The molecule has 2 rings (SSSR count). The van der Waals surface area contributed by atoms with Crippen molar-refractivity contribution < 1.29 is 14.3 Å². The molecule has 0 unspecified atom stereocenters. The molecule has 0 saturated carbocycles. The summed E-state index contributed by atoms with van der Waals surface area (Å²) in [5.74, 6) is -0.784. The number of rotatable bonds is 6. The van der Waals surface area contributed by atoms with Gasteiger partial charge in [-0.3, -0.25) is 9.59 Å². The molecular weight excluding hydrogens is 370 g/mol. The van der Waals surface area contributed by atoms with Gasteiger partial charge in [0.2, 0.25) is 0 Å². The topological polar surface area (TPSA) is 55.4 Å². The van der Waals surface area contributed by atoms with E-state index in [1.54, 1.807) is 26.0 Å². The van der Waals surface area contributed by atoms with E-state index in [4.69, 9.17) is 16.3 Å². The lowest BCUT2D eigenvalue weighted by Gasteiger charge is -2.18. The van der Waals surface area contributed by atoms with Crippen molar-refractivity contribution in [3.05, 3.63) is 58.6 Å². The first-order valence-corrected chi connectivity index (χ1v) is 9.53. The first-order valence-electron chi connectivity index (χ1n) is 8.27. The minimum atomic E-state index is -0.880. The van der Waals surface area contributed by atoms with Gasteiger partial charge in [-0.2, -0.15) is 0 Å². The largest absolute Gasteiger partial charge is 0.452 e. The van der Waals surface area contributed by atoms with E-state index in [0.717, 1.165) is 21.7 Å². The molecule has 6 heteroatoms. The zero-order chi connectivity index (χ0) is 19.3. The minimum absolute atomic E-state index is 0.348. The number of thioether (sulfide) groups is 1. The quantitative estimate of drug-likeness (QED) is 0.555. The molecule has 26 heavy (non-hydrogen) atoms. The summed E-state index contributed by atoms with van der Waals surface area (Å²) in [7, 11) is 0. The molecule has 1 amide bonds. The van der Waals surface area contributed by atoms with Crippen molar-refractivity contribution in [2.24, 2.45) is 0 Å². The molecule has 138 valence electrons. The van der Waals surface area contributed by atoms with Crippen LogP contribution in [-0.4, -0.2) is 23.2 Å². The molecule has 0 heterocycles. The van der Waals surface area contributed by atoms with E-state index in [2.05, 4.69) is 5.32 Å². The van der Waals surface area contributed by atoms with Gasteiger partial charge in [0.15, 0.2) is 6.10 Å². The Bertz CT molecular complexity index is 772. The van der Waals surface area contributed by atoms with Crippen LogP contribution in [0.15, 0.2) is 47.4 Å². The van der Waals surface area contributed by atoms with Crippen LogP contribution in [0.2, 0.25) is 5.02 Å². The standard InChI is InChI=1S/C20H22ClNO3S/c1-12-6-5-7-13(2)18(12)22-19(23)14(3)25-20(24)15(4)26-17-10-8-16(21)9-11-17/h5-11,14-15H,1-4H3,(H,22,23)/t14-,15-/m1/s1. The molecule has 0 aliphatic rings. The van der Waals surface area contributed by atoms with Crippen LogP contribution in [-0.2, 0) is 14.3 Å². The molecule has 2 aromatic rings. The van der Waals surface area contributed by atoms with Gasteiger partial charge in [-0.1, -0.05) is 29.8 Å². The van der Waals surface area contributed by atoms with E-state index < -0.39 is 17.3 Å². The fourth-order valence-electron chi connectivity index (χ4n) is 2.33. The van der Waals surface area contributed by atoms with Gasteiger partial charge in [-0.05, 0) is 63.1 Å². The number of anilines is 1. The lowest BCUT2D eigenvalue weighted by atomic mass is 10.1. The fraction of sp³-hybridized carbons (Fsp3) is 0.300. The van der Waals surface area contributed by atoms with Gasteiger partial charge in [-0.25, -0.2) is 0 Å². The molecule has 2 atom stereocenters. The monoisotopic (exact) mass is 391 g/mol. The first kappa shape index (κ1) is 20.3. The van der Waals surface area contributed by atoms with Crippen LogP contribution >= 0.6 is 23.4 Å². The Morgan fingerprint density at radius 1 is 1.04 bits per heavy atom. The number of carbonyl (C=O) groups is 2. The second kappa shape index (κ2) is 9.10. The van der Waals surface area contributed by atoms with Crippen LogP contribution in [0, 0.1) is 13.8 Å². The Labute approximate surface area is 163 Å². The van der Waals surface area contributed by atoms with Gasteiger partial charge in [0.25, 0.3) is 5.91 Å². The second-order valence-corrected chi connectivity index (χ2v) is 7.90. The molecule has 0 radical (unpaired) electrons. The third kappa shape index (κ3) is 5.51. The molecule has 0 spiro atoms. The Kier molecular flexibility index (Phi) is 7.12. The number of esters is 1. The maximum Gasteiger partial charge on any atom is 0.319 e. The summed E-state index contributed by atoms with van der Waals surface area (Å²) in [6.07, 6.45) is -0.880. The van der Waals surface area contributed by atoms with Crippen molar-refractivity contribution in [3.63, 3.8) is 0 Å². The highest BCUT2D eigenvalue weighted by molar-refractivity contribution is 8.00. The smallest absolute Gasteiger partial charge is 0.319 e. The SMILES string of the molecule is Cc1cccc(C)c1NC(=O)[C@@H](C)OC(=O)[C@@H](C)Sc1ccc(Cl)cc1. The van der Waals surface area contributed by atoms with E-state index in [-0.39, 0.29) is 5.91 Å². The number of ether oxygens (including phenoxy) is 1. The number of para-hydroxylation sites is 1. The molecule has 4 nitrogen and oxygen atoms in total. The predicted octanol–water partition coefficient (Wildman–Crippen LogP) is 5.01. The zero-order valence-electron chi connectivity index (χ0n) is 15.2. The third-order valence-electron chi connectivity index (χ3n) is 3.85. The molecule has 2 aromatic carbocycles. The summed E-state index contributed by atoms with van der Waals surface area (Å²) in [4.78, 5) is 25.5. The van der Waals surface area contributed by atoms with Crippen LogP contribution in [0.25, 0.3) is 0 Å². The lowest BCUT2D eigenvalue weighted by Crippen LogP contribution is -2.32. The Balaban J connectivity index is 1.93. The second-order valence-electron chi connectivity index (χ2n) is 6.05. The minimum Gasteiger partial charge on any atom is -0.452 e. The number of hydrogen-bond donors (Lipinski definition) is 1. The third-order valence-corrected chi connectivity index (χ3v) is 5.19. The Morgan fingerprint density at radius 3 is 2.19 bits per heavy atom. The van der Waals surface area contributed by atoms with Crippen molar-refractivity contribution in [2.45, 2.75) is 43.9 Å². The Morgan fingerprint density at radius 2 is 1.62 bits per heavy atom.